The predicted octanol–water partition coefficient (Wildman–Crippen LogP) is 6.18. The monoisotopic (exact) mass is 579 g/mol. The molecule has 0 amide bonds. The van der Waals surface area contributed by atoms with Crippen molar-refractivity contribution in [1.82, 2.24) is 19.9 Å². The second-order valence-electron chi connectivity index (χ2n) is 11.0. The molecule has 1 saturated carbocycles. The summed E-state index contributed by atoms with van der Waals surface area (Å²) in [6.07, 6.45) is -2.57. The summed E-state index contributed by atoms with van der Waals surface area (Å²) in [5.41, 5.74) is 4.29. The average Bonchev–Trinajstić information content (AvgIpc) is 3.49. The Hall–Kier alpha value is -3.45. The normalized spacial score (nSPS) is 18.6. The number of aromatic nitrogens is 3. The standard InChI is InChI=1S/C28H27F6N5O2/c1-14-22(28(32,33)34)16(8-20(35)37-14)21-19-11-40-10-18(19)17-9-36-26(38-24(17)23(21)29)41-13-27(4-5-27)12-39-6-2-15(3-7-39)25(30)31/h8-9H,2-7,10-13H2,1H3,(H2,35,37). The van der Waals surface area contributed by atoms with E-state index in [1.165, 1.54) is 13.1 Å². The van der Waals surface area contributed by atoms with Gasteiger partial charge in [0.2, 0.25) is 0 Å². The van der Waals surface area contributed by atoms with Gasteiger partial charge in [0.1, 0.15) is 11.3 Å². The molecule has 0 unspecified atom stereocenters. The van der Waals surface area contributed by atoms with Crippen LogP contribution in [0.5, 0.6) is 6.01 Å². The number of hydrogen-bond donors (Lipinski definition) is 1. The van der Waals surface area contributed by atoms with Gasteiger partial charge in [-0.05, 0) is 55.4 Å². The Balaban J connectivity index is 1.31. The number of ether oxygens (including phenoxy) is 2. The van der Waals surface area contributed by atoms with Crippen molar-refractivity contribution in [3.8, 4) is 17.1 Å². The van der Waals surface area contributed by atoms with Crippen LogP contribution in [0.4, 0.5) is 32.2 Å². The van der Waals surface area contributed by atoms with E-state index in [1.54, 1.807) is 0 Å². The smallest absolute Gasteiger partial charge is 0.418 e. The number of fused-ring (bicyclic) bond motifs is 3. The summed E-state index contributed by atoms with van der Waals surface area (Å²) in [6, 6.07) is 0.924. The van der Waals surface area contributed by atoms with Crippen molar-refractivity contribution in [3.63, 3.8) is 0 Å². The summed E-state index contributed by atoms with van der Waals surface area (Å²) in [7, 11) is 0. The van der Waals surface area contributed by atoms with E-state index in [-0.39, 0.29) is 65.0 Å². The fourth-order valence-corrected chi connectivity index (χ4v) is 5.89. The molecule has 2 aromatic heterocycles. The summed E-state index contributed by atoms with van der Waals surface area (Å²) in [5.74, 6) is -1.12. The highest BCUT2D eigenvalue weighted by molar-refractivity contribution is 5.92. The molecule has 218 valence electrons. The number of nitrogen functional groups attached to an aromatic ring is 1. The SMILES string of the molecule is Cc1nc(N)cc(-c2c3c(c4cnc(OCC5(CN6CCC(=C(F)F)CC6)CC5)nc4c2F)COC3)c1C(F)(F)F. The molecular formula is C28H27F6N5O2. The van der Waals surface area contributed by atoms with Crippen molar-refractivity contribution < 1.29 is 35.8 Å². The van der Waals surface area contributed by atoms with E-state index in [0.717, 1.165) is 18.9 Å². The molecule has 0 radical (unpaired) electrons. The van der Waals surface area contributed by atoms with Crippen LogP contribution < -0.4 is 10.5 Å². The van der Waals surface area contributed by atoms with Crippen molar-refractivity contribution >= 4 is 16.7 Å². The molecule has 13 heteroatoms. The van der Waals surface area contributed by atoms with Gasteiger partial charge in [0.25, 0.3) is 6.08 Å². The lowest BCUT2D eigenvalue weighted by atomic mass is 9.90. The van der Waals surface area contributed by atoms with Gasteiger partial charge in [0.05, 0.1) is 31.1 Å². The molecule has 0 bridgehead atoms. The Morgan fingerprint density at radius 1 is 1.12 bits per heavy atom. The van der Waals surface area contributed by atoms with E-state index < -0.39 is 29.2 Å². The van der Waals surface area contributed by atoms with Gasteiger partial charge in [-0.3, -0.25) is 0 Å². The molecule has 2 aliphatic heterocycles. The van der Waals surface area contributed by atoms with Crippen LogP contribution in [0.1, 0.15) is 48.1 Å². The van der Waals surface area contributed by atoms with Gasteiger partial charge in [0.15, 0.2) is 5.82 Å². The number of anilines is 1. The summed E-state index contributed by atoms with van der Waals surface area (Å²) < 4.78 is 95.7. The molecule has 4 heterocycles. The van der Waals surface area contributed by atoms with Crippen LogP contribution in [0.25, 0.3) is 22.0 Å². The molecule has 6 rings (SSSR count). The molecule has 0 atom stereocenters. The first-order valence-corrected chi connectivity index (χ1v) is 13.3. The molecule has 3 aromatic rings. The zero-order valence-electron chi connectivity index (χ0n) is 22.2. The highest BCUT2D eigenvalue weighted by atomic mass is 19.4. The van der Waals surface area contributed by atoms with Crippen molar-refractivity contribution in [1.29, 1.82) is 0 Å². The highest BCUT2D eigenvalue weighted by Gasteiger charge is 2.45. The van der Waals surface area contributed by atoms with Crippen molar-refractivity contribution in [2.75, 3.05) is 32.0 Å². The van der Waals surface area contributed by atoms with Crippen LogP contribution in [0, 0.1) is 18.2 Å². The molecule has 0 spiro atoms. The number of nitrogens with two attached hydrogens (primary N) is 1. The van der Waals surface area contributed by atoms with Crippen molar-refractivity contribution in [2.45, 2.75) is 52.0 Å². The molecule has 2 N–H and O–H groups in total. The van der Waals surface area contributed by atoms with Crippen molar-refractivity contribution in [3.05, 3.63) is 52.1 Å². The molecular weight excluding hydrogens is 552 g/mol. The van der Waals surface area contributed by atoms with E-state index in [2.05, 4.69) is 19.9 Å². The quantitative estimate of drug-likeness (QED) is 0.349. The summed E-state index contributed by atoms with van der Waals surface area (Å²) in [5, 5.41) is 0.330. The second-order valence-corrected chi connectivity index (χ2v) is 11.0. The van der Waals surface area contributed by atoms with Crippen LogP contribution >= 0.6 is 0 Å². The maximum absolute atomic E-state index is 16.2. The Labute approximate surface area is 231 Å². The topological polar surface area (TPSA) is 86.4 Å². The molecule has 1 aromatic carbocycles. The van der Waals surface area contributed by atoms with Crippen LogP contribution in [0.3, 0.4) is 0 Å². The number of likely N-dealkylation sites (tertiary alicyclic amines) is 1. The molecule has 1 saturated heterocycles. The molecule has 1 aliphatic carbocycles. The Bertz CT molecular complexity index is 1560. The van der Waals surface area contributed by atoms with Gasteiger partial charge in [-0.1, -0.05) is 0 Å². The zero-order valence-corrected chi connectivity index (χ0v) is 22.2. The number of piperidine rings is 1. The lowest BCUT2D eigenvalue weighted by Gasteiger charge is -2.31. The number of nitrogens with zero attached hydrogens (tertiary/aromatic N) is 4. The average molecular weight is 580 g/mol. The minimum absolute atomic E-state index is 0.0612. The number of rotatable bonds is 6. The first-order valence-electron chi connectivity index (χ1n) is 13.3. The van der Waals surface area contributed by atoms with Crippen LogP contribution in [0.15, 0.2) is 23.9 Å². The minimum atomic E-state index is -4.81. The van der Waals surface area contributed by atoms with E-state index in [0.29, 0.717) is 43.4 Å². The Kier molecular flexibility index (Phi) is 6.84. The number of hydrogen-bond acceptors (Lipinski definition) is 7. The highest BCUT2D eigenvalue weighted by Crippen LogP contribution is 2.48. The lowest BCUT2D eigenvalue weighted by molar-refractivity contribution is -0.137. The summed E-state index contributed by atoms with van der Waals surface area (Å²) >= 11 is 0. The third-order valence-electron chi connectivity index (χ3n) is 8.20. The molecule has 41 heavy (non-hydrogen) atoms. The lowest BCUT2D eigenvalue weighted by Crippen LogP contribution is -2.37. The van der Waals surface area contributed by atoms with Crippen LogP contribution in [-0.4, -0.2) is 46.1 Å². The van der Waals surface area contributed by atoms with E-state index in [1.807, 2.05) is 0 Å². The van der Waals surface area contributed by atoms with Gasteiger partial charge in [0, 0.05) is 47.8 Å². The number of halogens is 6. The van der Waals surface area contributed by atoms with Gasteiger partial charge >= 0.3 is 12.2 Å². The summed E-state index contributed by atoms with van der Waals surface area (Å²) in [6.45, 7) is 3.17. The largest absolute Gasteiger partial charge is 0.463 e. The van der Waals surface area contributed by atoms with Gasteiger partial charge in [-0.2, -0.15) is 26.9 Å². The molecule has 2 fully saturated rings. The molecule has 7 nitrogen and oxygen atoms in total. The van der Waals surface area contributed by atoms with E-state index in [4.69, 9.17) is 15.2 Å². The third-order valence-corrected chi connectivity index (χ3v) is 8.20. The fraction of sp³-hybridized carbons (Fsp3) is 0.464. The number of pyridine rings is 1. The maximum Gasteiger partial charge on any atom is 0.418 e. The Morgan fingerprint density at radius 2 is 1.83 bits per heavy atom. The third kappa shape index (κ3) is 5.21. The zero-order chi connectivity index (χ0) is 29.1. The fourth-order valence-electron chi connectivity index (χ4n) is 5.89. The van der Waals surface area contributed by atoms with E-state index in [9.17, 15) is 22.0 Å². The van der Waals surface area contributed by atoms with Crippen molar-refractivity contribution in [2.24, 2.45) is 5.41 Å². The van der Waals surface area contributed by atoms with Gasteiger partial charge in [-0.15, -0.1) is 0 Å². The first-order chi connectivity index (χ1) is 19.5. The predicted molar refractivity (Wildman–Crippen MR) is 137 cm³/mol. The van der Waals surface area contributed by atoms with Crippen LogP contribution in [-0.2, 0) is 24.1 Å². The van der Waals surface area contributed by atoms with E-state index >= 15 is 4.39 Å². The number of aryl methyl sites for hydroxylation is 1. The summed E-state index contributed by atoms with van der Waals surface area (Å²) in [4.78, 5) is 14.4. The van der Waals surface area contributed by atoms with Gasteiger partial charge in [-0.25, -0.2) is 14.4 Å². The number of alkyl halides is 3. The van der Waals surface area contributed by atoms with Gasteiger partial charge < -0.3 is 20.1 Å². The molecule has 3 aliphatic rings. The minimum Gasteiger partial charge on any atom is -0.463 e. The first kappa shape index (κ1) is 27.7. The maximum atomic E-state index is 16.2. The second kappa shape index (κ2) is 10.1. The van der Waals surface area contributed by atoms with Crippen LogP contribution in [0.2, 0.25) is 0 Å². The number of benzene rings is 1. The Morgan fingerprint density at radius 3 is 2.49 bits per heavy atom.